The third-order valence-corrected chi connectivity index (χ3v) is 2.26. The van der Waals surface area contributed by atoms with Crippen molar-refractivity contribution in [2.24, 2.45) is 14.1 Å². The average molecular weight is 258 g/mol. The normalized spacial score (nSPS) is 12.2. The number of rotatable bonds is 5. The molecule has 0 saturated heterocycles. The van der Waals surface area contributed by atoms with Gasteiger partial charge in [0.1, 0.15) is 6.04 Å². The standard InChI is InChI=1S/C9H14N4O5/c1-12-7(14)6(11-13(2)9(12)17)10-5(4-18-3)8(15)16/h5H,4H2,1-3H3,(H,10,11)(H,15,16). The molecule has 1 aromatic heterocycles. The Bertz CT molecular complexity index is 561. The van der Waals surface area contributed by atoms with Crippen molar-refractivity contribution in [1.29, 1.82) is 0 Å². The van der Waals surface area contributed by atoms with Crippen molar-refractivity contribution in [3.8, 4) is 0 Å². The molecule has 18 heavy (non-hydrogen) atoms. The number of carboxylic acids is 1. The molecule has 0 spiro atoms. The highest BCUT2D eigenvalue weighted by Gasteiger charge is 2.20. The Morgan fingerprint density at radius 1 is 1.50 bits per heavy atom. The third-order valence-electron chi connectivity index (χ3n) is 2.26. The van der Waals surface area contributed by atoms with Crippen molar-refractivity contribution >= 4 is 11.8 Å². The maximum atomic E-state index is 11.7. The maximum Gasteiger partial charge on any atom is 0.346 e. The fourth-order valence-electron chi connectivity index (χ4n) is 1.30. The number of aliphatic carboxylic acids is 1. The highest BCUT2D eigenvalue weighted by atomic mass is 16.5. The van der Waals surface area contributed by atoms with Crippen molar-refractivity contribution in [1.82, 2.24) is 14.3 Å². The van der Waals surface area contributed by atoms with Crippen LogP contribution in [0.15, 0.2) is 9.59 Å². The zero-order chi connectivity index (χ0) is 13.9. The first-order chi connectivity index (χ1) is 8.38. The van der Waals surface area contributed by atoms with Gasteiger partial charge in [-0.2, -0.15) is 0 Å². The number of nitrogens with zero attached hydrogens (tertiary/aromatic N) is 3. The molecule has 100 valence electrons. The summed E-state index contributed by atoms with van der Waals surface area (Å²) in [5.41, 5.74) is -1.29. The summed E-state index contributed by atoms with van der Waals surface area (Å²) in [6.45, 7) is -0.136. The Morgan fingerprint density at radius 3 is 2.61 bits per heavy atom. The molecule has 9 heteroatoms. The quantitative estimate of drug-likeness (QED) is 0.627. The molecular formula is C9H14N4O5. The molecule has 0 aromatic carbocycles. The van der Waals surface area contributed by atoms with Crippen LogP contribution in [0.4, 0.5) is 5.82 Å². The van der Waals surface area contributed by atoms with E-state index < -0.39 is 23.3 Å². The fourth-order valence-corrected chi connectivity index (χ4v) is 1.30. The van der Waals surface area contributed by atoms with Crippen LogP contribution in [0.2, 0.25) is 0 Å². The third kappa shape index (κ3) is 2.74. The SMILES string of the molecule is COCC(Nc1nn(C)c(=O)n(C)c1=O)C(=O)O. The number of carbonyl (C=O) groups is 1. The van der Waals surface area contributed by atoms with Gasteiger partial charge < -0.3 is 15.2 Å². The minimum absolute atomic E-state index is 0.136. The van der Waals surface area contributed by atoms with E-state index in [2.05, 4.69) is 10.4 Å². The number of hydrogen-bond acceptors (Lipinski definition) is 6. The monoisotopic (exact) mass is 258 g/mol. The first-order valence-electron chi connectivity index (χ1n) is 5.01. The summed E-state index contributed by atoms with van der Waals surface area (Å²) in [4.78, 5) is 34.0. The Hall–Kier alpha value is -2.16. The van der Waals surface area contributed by atoms with E-state index in [1.807, 2.05) is 0 Å². The molecule has 0 saturated carbocycles. The van der Waals surface area contributed by atoms with Crippen molar-refractivity contribution in [2.45, 2.75) is 6.04 Å². The van der Waals surface area contributed by atoms with E-state index >= 15 is 0 Å². The van der Waals surface area contributed by atoms with E-state index in [-0.39, 0.29) is 12.4 Å². The van der Waals surface area contributed by atoms with Crippen LogP contribution in [0.3, 0.4) is 0 Å². The molecular weight excluding hydrogens is 244 g/mol. The van der Waals surface area contributed by atoms with Gasteiger partial charge in [-0.05, 0) is 0 Å². The Labute approximate surface area is 102 Å². The average Bonchev–Trinajstić information content (AvgIpc) is 2.32. The van der Waals surface area contributed by atoms with Gasteiger partial charge in [0.2, 0.25) is 5.82 Å². The minimum Gasteiger partial charge on any atom is -0.480 e. The molecule has 0 bridgehead atoms. The zero-order valence-corrected chi connectivity index (χ0v) is 10.2. The van der Waals surface area contributed by atoms with Crippen LogP contribution in [-0.4, -0.2) is 45.2 Å². The van der Waals surface area contributed by atoms with Crippen molar-refractivity contribution in [3.05, 3.63) is 20.8 Å². The van der Waals surface area contributed by atoms with E-state index in [1.165, 1.54) is 21.2 Å². The Balaban J connectivity index is 3.15. The van der Waals surface area contributed by atoms with E-state index in [0.29, 0.717) is 0 Å². The lowest BCUT2D eigenvalue weighted by molar-refractivity contribution is -0.139. The topological polar surface area (TPSA) is 115 Å². The number of ether oxygens (including phenoxy) is 1. The van der Waals surface area contributed by atoms with E-state index in [1.54, 1.807) is 0 Å². The van der Waals surface area contributed by atoms with Crippen LogP contribution in [0, 0.1) is 0 Å². The molecule has 0 aliphatic rings. The predicted octanol–water partition coefficient (Wildman–Crippen LogP) is -2.01. The second-order valence-corrected chi connectivity index (χ2v) is 3.61. The molecule has 1 aromatic rings. The summed E-state index contributed by atoms with van der Waals surface area (Å²) < 4.78 is 6.49. The lowest BCUT2D eigenvalue weighted by Gasteiger charge is -2.14. The molecule has 9 nitrogen and oxygen atoms in total. The van der Waals surface area contributed by atoms with Gasteiger partial charge in [-0.25, -0.2) is 14.3 Å². The summed E-state index contributed by atoms with van der Waals surface area (Å²) in [5, 5.41) is 15.0. The first kappa shape index (κ1) is 13.9. The minimum atomic E-state index is -1.19. The lowest BCUT2D eigenvalue weighted by atomic mass is 10.3. The van der Waals surface area contributed by atoms with Crippen LogP contribution in [-0.2, 0) is 23.6 Å². The van der Waals surface area contributed by atoms with Gasteiger partial charge in [-0.1, -0.05) is 0 Å². The van der Waals surface area contributed by atoms with Crippen LogP contribution in [0.5, 0.6) is 0 Å². The zero-order valence-electron chi connectivity index (χ0n) is 10.2. The number of carboxylic acid groups (broad SMARTS) is 1. The van der Waals surface area contributed by atoms with Crippen LogP contribution in [0.1, 0.15) is 0 Å². The Morgan fingerprint density at radius 2 is 2.11 bits per heavy atom. The predicted molar refractivity (Wildman–Crippen MR) is 61.6 cm³/mol. The van der Waals surface area contributed by atoms with E-state index in [9.17, 15) is 14.4 Å². The smallest absolute Gasteiger partial charge is 0.346 e. The van der Waals surface area contributed by atoms with Gasteiger partial charge >= 0.3 is 11.7 Å². The maximum absolute atomic E-state index is 11.7. The molecule has 1 atom stereocenters. The van der Waals surface area contributed by atoms with Gasteiger partial charge in [-0.15, -0.1) is 5.10 Å². The fraction of sp³-hybridized carbons (Fsp3) is 0.556. The van der Waals surface area contributed by atoms with Crippen molar-refractivity contribution in [3.63, 3.8) is 0 Å². The molecule has 0 radical (unpaired) electrons. The number of aryl methyl sites for hydroxylation is 1. The van der Waals surface area contributed by atoms with Crippen molar-refractivity contribution < 1.29 is 14.6 Å². The Kier molecular flexibility index (Phi) is 4.21. The summed E-state index contributed by atoms with van der Waals surface area (Å²) in [5.74, 6) is -1.40. The molecule has 0 aliphatic heterocycles. The number of hydrogen-bond donors (Lipinski definition) is 2. The number of anilines is 1. The summed E-state index contributed by atoms with van der Waals surface area (Å²) >= 11 is 0. The number of aromatic nitrogens is 3. The molecule has 1 unspecified atom stereocenters. The lowest BCUT2D eigenvalue weighted by Crippen LogP contribution is -2.43. The van der Waals surface area contributed by atoms with Gasteiger partial charge in [0.15, 0.2) is 0 Å². The van der Waals surface area contributed by atoms with Gasteiger partial charge in [0.05, 0.1) is 6.61 Å². The van der Waals surface area contributed by atoms with Crippen LogP contribution < -0.4 is 16.6 Å². The van der Waals surface area contributed by atoms with E-state index in [0.717, 1.165) is 9.25 Å². The largest absolute Gasteiger partial charge is 0.480 e. The molecule has 1 heterocycles. The van der Waals surface area contributed by atoms with Gasteiger partial charge in [0.25, 0.3) is 5.56 Å². The molecule has 0 amide bonds. The highest BCUT2D eigenvalue weighted by molar-refractivity contribution is 5.76. The van der Waals surface area contributed by atoms with Crippen LogP contribution in [0.25, 0.3) is 0 Å². The summed E-state index contributed by atoms with van der Waals surface area (Å²) in [6.07, 6.45) is 0. The number of nitrogens with one attached hydrogen (secondary N) is 1. The highest BCUT2D eigenvalue weighted by Crippen LogP contribution is 1.96. The van der Waals surface area contributed by atoms with Gasteiger partial charge in [0, 0.05) is 21.2 Å². The van der Waals surface area contributed by atoms with Crippen molar-refractivity contribution in [2.75, 3.05) is 19.0 Å². The van der Waals surface area contributed by atoms with Crippen LogP contribution >= 0.6 is 0 Å². The van der Waals surface area contributed by atoms with E-state index in [4.69, 9.17) is 9.84 Å². The molecule has 0 fully saturated rings. The van der Waals surface area contributed by atoms with Gasteiger partial charge in [-0.3, -0.25) is 9.36 Å². The second-order valence-electron chi connectivity index (χ2n) is 3.61. The second kappa shape index (κ2) is 5.45. The molecule has 1 rings (SSSR count). The molecule has 0 aliphatic carbocycles. The molecule has 2 N–H and O–H groups in total. The summed E-state index contributed by atoms with van der Waals surface area (Å²) in [7, 11) is 3.98. The number of methoxy groups -OCH3 is 1. The first-order valence-corrected chi connectivity index (χ1v) is 5.01. The summed E-state index contributed by atoms with van der Waals surface area (Å²) in [6, 6.07) is -1.12.